The molecule has 3 aromatic carbocycles. The van der Waals surface area contributed by atoms with Crippen molar-refractivity contribution in [2.24, 2.45) is 15.4 Å². The van der Waals surface area contributed by atoms with Crippen LogP contribution in [0.1, 0.15) is 5.56 Å². The quantitative estimate of drug-likeness (QED) is 0.395. The Bertz CT molecular complexity index is 976. The Morgan fingerprint density at radius 2 is 1.57 bits per heavy atom. The lowest BCUT2D eigenvalue weighted by atomic mass is 9.99. The van der Waals surface area contributed by atoms with Gasteiger partial charge in [0.2, 0.25) is 0 Å². The molecule has 0 bridgehead atoms. The van der Waals surface area contributed by atoms with E-state index >= 15 is 0 Å². The van der Waals surface area contributed by atoms with Crippen LogP contribution in [0.25, 0.3) is 0 Å². The molecule has 0 aliphatic heterocycles. The minimum atomic E-state index is -1.24. The summed E-state index contributed by atoms with van der Waals surface area (Å²) in [7, 11) is 1.59. The van der Waals surface area contributed by atoms with Gasteiger partial charge < -0.3 is 10.1 Å². The number of hydrogen-bond acceptors (Lipinski definition) is 6. The van der Waals surface area contributed by atoms with Crippen molar-refractivity contribution in [1.29, 1.82) is 0 Å². The van der Waals surface area contributed by atoms with Gasteiger partial charge in [0, 0.05) is 5.69 Å². The molecule has 7 nitrogen and oxygen atoms in total. The second-order valence-corrected chi connectivity index (χ2v) is 6.58. The number of para-hydroxylation sites is 1. The number of anilines is 1. The third-order valence-electron chi connectivity index (χ3n) is 4.47. The van der Waals surface area contributed by atoms with Crippen LogP contribution in [-0.2, 0) is 11.2 Å². The van der Waals surface area contributed by atoms with Gasteiger partial charge in [-0.15, -0.1) is 4.91 Å². The molecule has 0 aromatic heterocycles. The van der Waals surface area contributed by atoms with E-state index in [4.69, 9.17) is 4.74 Å². The van der Waals surface area contributed by atoms with Crippen molar-refractivity contribution in [2.75, 3.05) is 12.4 Å². The summed E-state index contributed by atoms with van der Waals surface area (Å²) in [5, 5.41) is 14.3. The molecule has 1 N–H and O–H groups in total. The summed E-state index contributed by atoms with van der Waals surface area (Å²) >= 11 is 0. The van der Waals surface area contributed by atoms with Gasteiger partial charge in [0.05, 0.1) is 12.8 Å². The predicted molar refractivity (Wildman–Crippen MR) is 116 cm³/mol. The molecular weight excluding hydrogens is 380 g/mol. The summed E-state index contributed by atoms with van der Waals surface area (Å²) in [5.74, 6) is 0.190. The van der Waals surface area contributed by atoms with Gasteiger partial charge in [0.1, 0.15) is 11.8 Å². The third kappa shape index (κ3) is 5.81. The molecule has 3 rings (SSSR count). The van der Waals surface area contributed by atoms with Gasteiger partial charge in [0.15, 0.2) is 6.04 Å². The van der Waals surface area contributed by atoms with Gasteiger partial charge in [0.25, 0.3) is 5.91 Å². The van der Waals surface area contributed by atoms with E-state index in [9.17, 15) is 9.70 Å². The molecular formula is C23H22N4O3. The Kier molecular flexibility index (Phi) is 7.38. The molecule has 0 aliphatic carbocycles. The minimum Gasteiger partial charge on any atom is -0.497 e. The number of hydrogen-bond donors (Lipinski definition) is 1. The predicted octanol–water partition coefficient (Wildman–Crippen LogP) is 5.16. The lowest BCUT2D eigenvalue weighted by molar-refractivity contribution is -0.117. The summed E-state index contributed by atoms with van der Waals surface area (Å²) in [6.45, 7) is 0. The van der Waals surface area contributed by atoms with E-state index in [1.54, 1.807) is 43.5 Å². The van der Waals surface area contributed by atoms with Crippen molar-refractivity contribution in [3.05, 3.63) is 95.4 Å². The molecule has 30 heavy (non-hydrogen) atoms. The molecule has 0 fully saturated rings. The smallest absolute Gasteiger partial charge is 0.255 e. The van der Waals surface area contributed by atoms with Crippen LogP contribution in [0.5, 0.6) is 5.75 Å². The fraction of sp³-hybridized carbons (Fsp3) is 0.174. The number of nitrogens with one attached hydrogen (secondary N) is 1. The van der Waals surface area contributed by atoms with Crippen molar-refractivity contribution < 1.29 is 9.53 Å². The van der Waals surface area contributed by atoms with Crippen LogP contribution in [0, 0.1) is 4.91 Å². The monoisotopic (exact) mass is 402 g/mol. The van der Waals surface area contributed by atoms with Crippen LogP contribution in [0.15, 0.2) is 100 Å². The van der Waals surface area contributed by atoms with E-state index in [-0.39, 0.29) is 0 Å². The van der Waals surface area contributed by atoms with Crippen LogP contribution in [0.4, 0.5) is 11.4 Å². The van der Waals surface area contributed by atoms with E-state index in [1.165, 1.54) is 0 Å². The zero-order valence-corrected chi connectivity index (χ0v) is 16.5. The second kappa shape index (κ2) is 10.6. The largest absolute Gasteiger partial charge is 0.497 e. The lowest BCUT2D eigenvalue weighted by Crippen LogP contribution is -2.36. The maximum absolute atomic E-state index is 12.8. The third-order valence-corrected chi connectivity index (χ3v) is 4.47. The van der Waals surface area contributed by atoms with Gasteiger partial charge in [-0.1, -0.05) is 53.7 Å². The molecule has 3 aromatic rings. The fourth-order valence-electron chi connectivity index (χ4n) is 2.88. The number of amides is 1. The number of benzene rings is 3. The number of nitrogens with zero attached hydrogens (tertiary/aromatic N) is 3. The second-order valence-electron chi connectivity index (χ2n) is 6.58. The lowest BCUT2D eigenvalue weighted by Gasteiger charge is -2.17. The zero-order chi connectivity index (χ0) is 21.2. The number of nitroso groups, excluding NO2 is 1. The summed E-state index contributed by atoms with van der Waals surface area (Å²) in [6, 6.07) is 23.4. The van der Waals surface area contributed by atoms with E-state index in [1.807, 2.05) is 48.5 Å². The summed E-state index contributed by atoms with van der Waals surface area (Å²) in [4.78, 5) is 24.4. The molecule has 2 atom stereocenters. The molecule has 0 radical (unpaired) electrons. The average Bonchev–Trinajstić information content (AvgIpc) is 2.79. The van der Waals surface area contributed by atoms with Crippen molar-refractivity contribution in [2.45, 2.75) is 18.5 Å². The number of rotatable bonds is 9. The first kappa shape index (κ1) is 20.9. The Balaban J connectivity index is 1.84. The number of carbonyl (C=O) groups excluding carboxylic acids is 1. The number of ether oxygens (including phenoxy) is 1. The first-order chi connectivity index (χ1) is 14.7. The number of methoxy groups -OCH3 is 1. The van der Waals surface area contributed by atoms with Crippen molar-refractivity contribution in [3.8, 4) is 5.75 Å². The summed E-state index contributed by atoms with van der Waals surface area (Å²) in [6.07, 6.45) is 0.318. The molecule has 0 saturated carbocycles. The Hall–Kier alpha value is -3.87. The highest BCUT2D eigenvalue weighted by Crippen LogP contribution is 2.20. The fourth-order valence-corrected chi connectivity index (χ4v) is 2.88. The highest BCUT2D eigenvalue weighted by Gasteiger charge is 2.30. The molecule has 0 aliphatic rings. The van der Waals surface area contributed by atoms with Gasteiger partial charge in [-0.05, 0) is 48.4 Å². The van der Waals surface area contributed by atoms with Gasteiger partial charge in [-0.25, -0.2) is 0 Å². The Morgan fingerprint density at radius 1 is 0.933 bits per heavy atom. The van der Waals surface area contributed by atoms with Gasteiger partial charge >= 0.3 is 0 Å². The molecule has 0 saturated heterocycles. The molecule has 1 amide bonds. The molecule has 0 heterocycles. The highest BCUT2D eigenvalue weighted by molar-refractivity contribution is 5.95. The summed E-state index contributed by atoms with van der Waals surface area (Å²) in [5.41, 5.74) is 2.10. The molecule has 0 spiro atoms. The zero-order valence-electron chi connectivity index (χ0n) is 16.5. The van der Waals surface area contributed by atoms with Crippen LogP contribution in [0.2, 0.25) is 0 Å². The highest BCUT2D eigenvalue weighted by atomic mass is 16.5. The van der Waals surface area contributed by atoms with Gasteiger partial charge in [-0.3, -0.25) is 4.79 Å². The first-order valence-corrected chi connectivity index (χ1v) is 9.47. The Morgan fingerprint density at radius 3 is 2.17 bits per heavy atom. The first-order valence-electron chi connectivity index (χ1n) is 9.47. The van der Waals surface area contributed by atoms with Crippen LogP contribution >= 0.6 is 0 Å². The SMILES string of the molecule is COc1ccc(CC(N=Nc2ccccc2)C(N=O)C(=O)Nc2ccccc2)cc1. The molecule has 152 valence electrons. The van der Waals surface area contributed by atoms with Gasteiger partial charge in [-0.2, -0.15) is 10.2 Å². The van der Waals surface area contributed by atoms with Crippen molar-refractivity contribution in [3.63, 3.8) is 0 Å². The van der Waals surface area contributed by atoms with Crippen molar-refractivity contribution >= 4 is 17.3 Å². The van der Waals surface area contributed by atoms with E-state index in [0.717, 1.165) is 5.56 Å². The van der Waals surface area contributed by atoms with Crippen LogP contribution < -0.4 is 10.1 Å². The van der Waals surface area contributed by atoms with E-state index in [0.29, 0.717) is 23.5 Å². The average molecular weight is 402 g/mol. The van der Waals surface area contributed by atoms with Crippen molar-refractivity contribution in [1.82, 2.24) is 0 Å². The Labute approximate surface area is 174 Å². The number of carbonyl (C=O) groups is 1. The van der Waals surface area contributed by atoms with Crippen LogP contribution in [0.3, 0.4) is 0 Å². The number of azo groups is 1. The topological polar surface area (TPSA) is 92.5 Å². The molecule has 2 unspecified atom stereocenters. The minimum absolute atomic E-state index is 0.318. The standard InChI is InChI=1S/C23H22N4O3/c1-30-20-14-12-17(13-15-20)16-21(26-25-19-10-6-3-7-11-19)22(27-29)23(28)24-18-8-4-2-5-9-18/h2-15,21-22H,16H2,1H3,(H,24,28). The normalized spacial score (nSPS) is 12.8. The van der Waals surface area contributed by atoms with Crippen LogP contribution in [-0.4, -0.2) is 25.1 Å². The maximum Gasteiger partial charge on any atom is 0.255 e. The van der Waals surface area contributed by atoms with E-state index < -0.39 is 18.0 Å². The molecule has 7 heteroatoms. The maximum atomic E-state index is 12.8. The van der Waals surface area contributed by atoms with E-state index in [2.05, 4.69) is 20.7 Å². The summed E-state index contributed by atoms with van der Waals surface area (Å²) < 4.78 is 5.18.